The summed E-state index contributed by atoms with van der Waals surface area (Å²) in [7, 11) is 2.18. The second-order valence-corrected chi connectivity index (χ2v) is 7.18. The number of thiophene rings is 1. The summed E-state index contributed by atoms with van der Waals surface area (Å²) in [5, 5.41) is 5.65. The van der Waals surface area contributed by atoms with E-state index in [1.807, 2.05) is 11.3 Å². The number of benzene rings is 1. The lowest BCUT2D eigenvalue weighted by molar-refractivity contribution is 0.596. The molecule has 1 aromatic heterocycles. The number of hydrogen-bond acceptors (Lipinski definition) is 3. The van der Waals surface area contributed by atoms with Gasteiger partial charge in [0.25, 0.3) is 0 Å². The van der Waals surface area contributed by atoms with Gasteiger partial charge < -0.3 is 10.2 Å². The molecule has 2 aromatic rings. The molecule has 0 aliphatic carbocycles. The molecule has 0 spiro atoms. The normalized spacial score (nSPS) is 12.4. The van der Waals surface area contributed by atoms with Crippen molar-refractivity contribution < 1.29 is 0 Å². The van der Waals surface area contributed by atoms with E-state index in [1.165, 1.54) is 16.1 Å². The van der Waals surface area contributed by atoms with E-state index < -0.39 is 0 Å². The molecule has 114 valence electrons. The molecule has 0 saturated heterocycles. The van der Waals surface area contributed by atoms with Crippen molar-refractivity contribution in [3.63, 3.8) is 0 Å². The molecule has 0 amide bonds. The lowest BCUT2D eigenvalue weighted by Crippen LogP contribution is -2.25. The number of hydrogen-bond donors (Lipinski definition) is 1. The Hall–Kier alpha value is -0.840. The summed E-state index contributed by atoms with van der Waals surface area (Å²) in [6.07, 6.45) is 1.10. The van der Waals surface area contributed by atoms with Crippen LogP contribution in [0.2, 0.25) is 0 Å². The highest BCUT2D eigenvalue weighted by Crippen LogP contribution is 2.29. The highest BCUT2D eigenvalue weighted by Gasteiger charge is 2.13. The topological polar surface area (TPSA) is 15.3 Å². The van der Waals surface area contributed by atoms with Gasteiger partial charge in [0.1, 0.15) is 0 Å². The Kier molecular flexibility index (Phi) is 6.27. The van der Waals surface area contributed by atoms with E-state index in [0.717, 1.165) is 24.0 Å². The van der Waals surface area contributed by atoms with Crippen LogP contribution in [0.15, 0.2) is 40.2 Å². The Labute approximate surface area is 140 Å². The number of nitrogens with zero attached hydrogens (tertiary/aromatic N) is 1. The van der Waals surface area contributed by atoms with E-state index in [-0.39, 0.29) is 0 Å². The van der Waals surface area contributed by atoms with Crippen LogP contribution in [0.4, 0.5) is 5.69 Å². The first kappa shape index (κ1) is 16.5. The second kappa shape index (κ2) is 7.97. The first-order valence-electron chi connectivity index (χ1n) is 7.38. The van der Waals surface area contributed by atoms with E-state index in [1.54, 1.807) is 0 Å². The molecule has 21 heavy (non-hydrogen) atoms. The predicted molar refractivity (Wildman–Crippen MR) is 97.5 cm³/mol. The molecule has 0 fully saturated rings. The summed E-state index contributed by atoms with van der Waals surface area (Å²) < 4.78 is 1.14. The zero-order valence-electron chi connectivity index (χ0n) is 12.9. The van der Waals surface area contributed by atoms with Crippen LogP contribution in [0.1, 0.15) is 30.3 Å². The van der Waals surface area contributed by atoms with Gasteiger partial charge in [-0.15, -0.1) is 11.3 Å². The summed E-state index contributed by atoms with van der Waals surface area (Å²) in [6, 6.07) is 11.2. The van der Waals surface area contributed by atoms with E-state index in [2.05, 4.69) is 82.8 Å². The van der Waals surface area contributed by atoms with Crippen LogP contribution >= 0.6 is 27.3 Å². The second-order valence-electron chi connectivity index (χ2n) is 5.23. The molecule has 0 aliphatic heterocycles. The molecule has 0 bridgehead atoms. The molecular formula is C17H23BrN2S. The van der Waals surface area contributed by atoms with Crippen molar-refractivity contribution in [1.29, 1.82) is 0 Å². The van der Waals surface area contributed by atoms with Gasteiger partial charge in [-0.25, -0.2) is 0 Å². The van der Waals surface area contributed by atoms with Crippen LogP contribution in [0, 0.1) is 0 Å². The molecule has 1 unspecified atom stereocenters. The van der Waals surface area contributed by atoms with Crippen LogP contribution in [0.25, 0.3) is 0 Å². The Morgan fingerprint density at radius 2 is 2.14 bits per heavy atom. The minimum atomic E-state index is 0.353. The van der Waals surface area contributed by atoms with Crippen molar-refractivity contribution >= 4 is 33.0 Å². The average molecular weight is 367 g/mol. The van der Waals surface area contributed by atoms with Crippen molar-refractivity contribution in [2.75, 3.05) is 25.0 Å². The Morgan fingerprint density at radius 1 is 1.33 bits per heavy atom. The third-order valence-corrected chi connectivity index (χ3v) is 5.08. The molecule has 0 aliphatic rings. The highest BCUT2D eigenvalue weighted by molar-refractivity contribution is 9.10. The molecule has 0 saturated carbocycles. The molecule has 2 rings (SSSR count). The fraction of sp³-hybridized carbons (Fsp3) is 0.412. The Bertz CT molecular complexity index is 554. The van der Waals surface area contributed by atoms with Crippen molar-refractivity contribution in [1.82, 2.24) is 5.32 Å². The summed E-state index contributed by atoms with van der Waals surface area (Å²) in [5.41, 5.74) is 2.66. The van der Waals surface area contributed by atoms with Gasteiger partial charge in [-0.3, -0.25) is 0 Å². The molecule has 1 N–H and O–H groups in total. The summed E-state index contributed by atoms with van der Waals surface area (Å²) >= 11 is 5.43. The number of likely N-dealkylation sites (N-methyl/N-ethyl adjacent to an activating group) is 1. The van der Waals surface area contributed by atoms with Crippen molar-refractivity contribution in [2.24, 2.45) is 0 Å². The van der Waals surface area contributed by atoms with E-state index in [9.17, 15) is 0 Å². The van der Waals surface area contributed by atoms with E-state index >= 15 is 0 Å². The Balaban J connectivity index is 2.13. The van der Waals surface area contributed by atoms with Crippen LogP contribution < -0.4 is 10.2 Å². The molecule has 4 heteroatoms. The fourth-order valence-electron chi connectivity index (χ4n) is 2.49. The molecule has 1 aromatic carbocycles. The maximum absolute atomic E-state index is 3.59. The monoisotopic (exact) mass is 366 g/mol. The van der Waals surface area contributed by atoms with Gasteiger partial charge in [-0.2, -0.15) is 0 Å². The molecular weight excluding hydrogens is 344 g/mol. The van der Waals surface area contributed by atoms with E-state index in [4.69, 9.17) is 0 Å². The van der Waals surface area contributed by atoms with Gasteiger partial charge in [0.05, 0.1) is 0 Å². The lowest BCUT2D eigenvalue weighted by Gasteiger charge is -2.25. The summed E-state index contributed by atoms with van der Waals surface area (Å²) in [6.45, 7) is 6.39. The first-order valence-corrected chi connectivity index (χ1v) is 9.05. The maximum Gasteiger partial charge on any atom is 0.0412 e. The van der Waals surface area contributed by atoms with Crippen molar-refractivity contribution in [3.8, 4) is 0 Å². The molecule has 2 nitrogen and oxygen atoms in total. The maximum atomic E-state index is 3.59. The van der Waals surface area contributed by atoms with E-state index in [0.29, 0.717) is 6.04 Å². The fourth-order valence-corrected chi connectivity index (χ4v) is 3.57. The van der Waals surface area contributed by atoms with Crippen molar-refractivity contribution in [2.45, 2.75) is 26.3 Å². The number of rotatable bonds is 7. The van der Waals surface area contributed by atoms with Gasteiger partial charge in [0.2, 0.25) is 0 Å². The third-order valence-electron chi connectivity index (χ3n) is 3.65. The van der Waals surface area contributed by atoms with Gasteiger partial charge in [-0.1, -0.05) is 28.9 Å². The minimum Gasteiger partial charge on any atom is -0.374 e. The zero-order chi connectivity index (χ0) is 15.2. The number of anilines is 1. The molecule has 0 radical (unpaired) electrons. The number of halogens is 1. The van der Waals surface area contributed by atoms with Gasteiger partial charge in [0.15, 0.2) is 0 Å². The average Bonchev–Trinajstić information content (AvgIpc) is 2.98. The SMILES string of the molecule is CCNC(C)c1cc(Br)ccc1N(C)CCc1cccs1. The molecule has 1 atom stereocenters. The standard InChI is InChI=1S/C17H23BrN2S/c1-4-19-13(2)16-12-14(18)7-8-17(16)20(3)10-9-15-6-5-11-21-15/h5-8,11-13,19H,4,9-10H2,1-3H3. The van der Waals surface area contributed by atoms with Crippen molar-refractivity contribution in [3.05, 3.63) is 50.6 Å². The first-order chi connectivity index (χ1) is 10.1. The van der Waals surface area contributed by atoms with Gasteiger partial charge in [-0.05, 0) is 55.1 Å². The van der Waals surface area contributed by atoms with Crippen LogP contribution in [-0.2, 0) is 6.42 Å². The summed E-state index contributed by atoms with van der Waals surface area (Å²) in [4.78, 5) is 3.80. The third kappa shape index (κ3) is 4.56. The quantitative estimate of drug-likeness (QED) is 0.752. The van der Waals surface area contributed by atoms with Crippen LogP contribution in [0.5, 0.6) is 0 Å². The van der Waals surface area contributed by atoms with Crippen LogP contribution in [0.3, 0.4) is 0 Å². The van der Waals surface area contributed by atoms with Gasteiger partial charge in [0, 0.05) is 34.7 Å². The lowest BCUT2D eigenvalue weighted by atomic mass is 10.1. The summed E-state index contributed by atoms with van der Waals surface area (Å²) in [5.74, 6) is 0. The minimum absolute atomic E-state index is 0.353. The zero-order valence-corrected chi connectivity index (χ0v) is 15.3. The Morgan fingerprint density at radius 3 is 2.81 bits per heavy atom. The smallest absolute Gasteiger partial charge is 0.0412 e. The van der Waals surface area contributed by atoms with Crippen LogP contribution in [-0.4, -0.2) is 20.1 Å². The van der Waals surface area contributed by atoms with Gasteiger partial charge >= 0.3 is 0 Å². The number of nitrogens with one attached hydrogen (secondary N) is 1. The largest absolute Gasteiger partial charge is 0.374 e. The highest BCUT2D eigenvalue weighted by atomic mass is 79.9. The molecule has 1 heterocycles. The predicted octanol–water partition coefficient (Wildman–Crippen LogP) is 4.86.